The first-order valence-electron chi connectivity index (χ1n) is 7.46. The largest absolute Gasteiger partial charge is 0.252 e. The van der Waals surface area contributed by atoms with Crippen molar-refractivity contribution in [2.75, 3.05) is 5.43 Å². The van der Waals surface area contributed by atoms with E-state index in [0.717, 1.165) is 17.0 Å². The minimum Gasteiger partial charge on any atom is -0.252 e. The van der Waals surface area contributed by atoms with Crippen LogP contribution in [0, 0.1) is 5.82 Å². The molecule has 1 heterocycles. The first-order chi connectivity index (χ1) is 11.7. The second-order valence-corrected chi connectivity index (χ2v) is 5.98. The summed E-state index contributed by atoms with van der Waals surface area (Å²) in [5.74, 6) is -0.248. The Bertz CT molecular complexity index is 869. The van der Waals surface area contributed by atoms with Crippen molar-refractivity contribution in [1.29, 1.82) is 0 Å². The number of hydrazone groups is 1. The molecule has 1 N–H and O–H groups in total. The van der Waals surface area contributed by atoms with Gasteiger partial charge in [-0.2, -0.15) is 5.10 Å². The van der Waals surface area contributed by atoms with Crippen LogP contribution in [0.3, 0.4) is 0 Å². The van der Waals surface area contributed by atoms with Crippen molar-refractivity contribution in [2.45, 2.75) is 6.92 Å². The van der Waals surface area contributed by atoms with Gasteiger partial charge in [0.05, 0.1) is 11.4 Å². The van der Waals surface area contributed by atoms with Crippen molar-refractivity contribution < 1.29 is 4.39 Å². The Hall–Kier alpha value is -2.79. The van der Waals surface area contributed by atoms with Crippen LogP contribution in [0.25, 0.3) is 17.3 Å². The quantitative estimate of drug-likeness (QED) is 0.496. The lowest BCUT2D eigenvalue weighted by molar-refractivity contribution is 0.625. The van der Waals surface area contributed by atoms with E-state index >= 15 is 0 Å². The molecule has 0 unspecified atom stereocenters. The summed E-state index contributed by atoms with van der Waals surface area (Å²) < 4.78 is 13.5. The third-order valence-corrected chi connectivity index (χ3v) is 4.06. The summed E-state index contributed by atoms with van der Waals surface area (Å²) in [4.78, 5) is 4.50. The van der Waals surface area contributed by atoms with Crippen LogP contribution in [0.4, 0.5) is 9.52 Å². The summed E-state index contributed by atoms with van der Waals surface area (Å²) in [6.07, 6.45) is 3.46. The summed E-state index contributed by atoms with van der Waals surface area (Å²) in [5, 5.41) is 6.95. The third-order valence-electron chi connectivity index (χ3n) is 3.31. The lowest BCUT2D eigenvalue weighted by Crippen LogP contribution is -1.94. The number of rotatable bonds is 5. The van der Waals surface area contributed by atoms with Gasteiger partial charge in [-0.1, -0.05) is 54.6 Å². The fraction of sp³-hybridized carbons (Fsp3) is 0.0526. The molecule has 3 aromatic rings. The number of nitrogens with zero attached hydrogens (tertiary/aromatic N) is 2. The molecular formula is C19H16FN3S. The smallest absolute Gasteiger partial charge is 0.203 e. The number of anilines is 1. The number of allylic oxidation sites excluding steroid dienone is 1. The van der Waals surface area contributed by atoms with E-state index in [1.54, 1.807) is 30.4 Å². The number of halogens is 1. The Kier molecular flexibility index (Phi) is 5.13. The number of aromatic nitrogens is 1. The summed E-state index contributed by atoms with van der Waals surface area (Å²) in [6.45, 7) is 1.84. The highest BCUT2D eigenvalue weighted by Crippen LogP contribution is 2.24. The number of hydrogen-bond donors (Lipinski definition) is 1. The molecule has 0 amide bonds. The molecule has 5 heteroatoms. The van der Waals surface area contributed by atoms with E-state index < -0.39 is 0 Å². The van der Waals surface area contributed by atoms with E-state index in [-0.39, 0.29) is 5.82 Å². The Balaban J connectivity index is 1.65. The lowest BCUT2D eigenvalue weighted by Gasteiger charge is -1.97. The maximum absolute atomic E-state index is 13.5. The second-order valence-electron chi connectivity index (χ2n) is 5.12. The molecule has 0 aliphatic heterocycles. The average Bonchev–Trinajstić information content (AvgIpc) is 3.09. The number of hydrogen-bond acceptors (Lipinski definition) is 4. The summed E-state index contributed by atoms with van der Waals surface area (Å²) >= 11 is 1.49. The molecule has 0 aliphatic carbocycles. The molecule has 0 saturated heterocycles. The van der Waals surface area contributed by atoms with Gasteiger partial charge in [0.1, 0.15) is 5.82 Å². The molecule has 24 heavy (non-hydrogen) atoms. The molecule has 0 bridgehead atoms. The Morgan fingerprint density at radius 2 is 1.88 bits per heavy atom. The zero-order chi connectivity index (χ0) is 16.8. The zero-order valence-electron chi connectivity index (χ0n) is 13.1. The first-order valence-corrected chi connectivity index (χ1v) is 8.34. The predicted molar refractivity (Wildman–Crippen MR) is 99.7 cm³/mol. The van der Waals surface area contributed by atoms with Crippen LogP contribution in [0.5, 0.6) is 0 Å². The standard InChI is InChI=1S/C19H16FN3S/c1-14(11-12-15-7-5-6-10-17(15)20)22-23-19-21-18(13-24-19)16-8-3-2-4-9-16/h2-13H,1H3,(H,21,23)/b12-11+,22-14-. The van der Waals surface area contributed by atoms with Gasteiger partial charge in [0.25, 0.3) is 0 Å². The minimum absolute atomic E-state index is 0.248. The molecule has 3 rings (SSSR count). The van der Waals surface area contributed by atoms with Gasteiger partial charge in [-0.15, -0.1) is 11.3 Å². The maximum Gasteiger partial charge on any atom is 0.203 e. The van der Waals surface area contributed by atoms with Gasteiger partial charge in [0, 0.05) is 16.5 Å². The van der Waals surface area contributed by atoms with Gasteiger partial charge in [-0.3, -0.25) is 5.43 Å². The minimum atomic E-state index is -0.248. The second kappa shape index (κ2) is 7.66. The van der Waals surface area contributed by atoms with Crippen molar-refractivity contribution in [3.05, 3.63) is 77.4 Å². The van der Waals surface area contributed by atoms with Crippen LogP contribution >= 0.6 is 11.3 Å². The molecule has 1 aromatic heterocycles. The predicted octanol–water partition coefficient (Wildman–Crippen LogP) is 5.45. The fourth-order valence-corrected chi connectivity index (χ4v) is 2.72. The topological polar surface area (TPSA) is 37.3 Å². The monoisotopic (exact) mass is 337 g/mol. The van der Waals surface area contributed by atoms with E-state index in [2.05, 4.69) is 15.5 Å². The van der Waals surface area contributed by atoms with Crippen molar-refractivity contribution in [3.8, 4) is 11.3 Å². The molecule has 0 spiro atoms. The number of benzene rings is 2. The van der Waals surface area contributed by atoms with Crippen LogP contribution in [0.1, 0.15) is 12.5 Å². The normalized spacial score (nSPS) is 11.8. The molecule has 0 fully saturated rings. The van der Waals surface area contributed by atoms with Crippen LogP contribution in [0.2, 0.25) is 0 Å². The lowest BCUT2D eigenvalue weighted by atomic mass is 10.2. The van der Waals surface area contributed by atoms with Gasteiger partial charge in [-0.25, -0.2) is 9.37 Å². The van der Waals surface area contributed by atoms with Gasteiger partial charge in [0.15, 0.2) is 0 Å². The van der Waals surface area contributed by atoms with E-state index in [0.29, 0.717) is 10.7 Å². The van der Waals surface area contributed by atoms with Gasteiger partial charge < -0.3 is 0 Å². The van der Waals surface area contributed by atoms with Crippen molar-refractivity contribution >= 4 is 28.3 Å². The van der Waals surface area contributed by atoms with Gasteiger partial charge in [-0.05, 0) is 19.1 Å². The first kappa shape index (κ1) is 16.1. The number of thiazole rings is 1. The molecule has 0 aliphatic rings. The van der Waals surface area contributed by atoms with E-state index in [9.17, 15) is 4.39 Å². The maximum atomic E-state index is 13.5. The molecular weight excluding hydrogens is 321 g/mol. The van der Waals surface area contributed by atoms with E-state index in [1.165, 1.54) is 17.4 Å². The zero-order valence-corrected chi connectivity index (χ0v) is 13.9. The molecule has 0 radical (unpaired) electrons. The fourth-order valence-electron chi connectivity index (χ4n) is 2.06. The van der Waals surface area contributed by atoms with Gasteiger partial charge in [0.2, 0.25) is 5.13 Å². The highest BCUT2D eigenvalue weighted by molar-refractivity contribution is 7.14. The van der Waals surface area contributed by atoms with Crippen molar-refractivity contribution in [3.63, 3.8) is 0 Å². The van der Waals surface area contributed by atoms with E-state index in [4.69, 9.17) is 0 Å². The molecule has 0 saturated carbocycles. The number of nitrogens with one attached hydrogen (secondary N) is 1. The van der Waals surface area contributed by atoms with Crippen LogP contribution in [-0.4, -0.2) is 10.7 Å². The Labute approximate surface area is 144 Å². The van der Waals surface area contributed by atoms with Crippen LogP contribution < -0.4 is 5.43 Å². The van der Waals surface area contributed by atoms with E-state index in [1.807, 2.05) is 42.6 Å². The SMILES string of the molecule is CC(/C=C/c1ccccc1F)=N/Nc1nc(-c2ccccc2)cs1. The van der Waals surface area contributed by atoms with Crippen LogP contribution in [0.15, 0.2) is 71.2 Å². The van der Waals surface area contributed by atoms with Gasteiger partial charge >= 0.3 is 0 Å². The molecule has 3 nitrogen and oxygen atoms in total. The highest BCUT2D eigenvalue weighted by atomic mass is 32.1. The molecule has 0 atom stereocenters. The third kappa shape index (κ3) is 4.14. The molecule has 2 aromatic carbocycles. The average molecular weight is 337 g/mol. The summed E-state index contributed by atoms with van der Waals surface area (Å²) in [6, 6.07) is 16.6. The Morgan fingerprint density at radius 1 is 1.12 bits per heavy atom. The Morgan fingerprint density at radius 3 is 2.67 bits per heavy atom. The molecule has 120 valence electrons. The highest BCUT2D eigenvalue weighted by Gasteiger charge is 2.03. The van der Waals surface area contributed by atoms with Crippen molar-refractivity contribution in [2.24, 2.45) is 5.10 Å². The summed E-state index contributed by atoms with van der Waals surface area (Å²) in [5.41, 5.74) is 6.19. The van der Waals surface area contributed by atoms with Crippen LogP contribution in [-0.2, 0) is 0 Å². The van der Waals surface area contributed by atoms with Crippen molar-refractivity contribution in [1.82, 2.24) is 4.98 Å². The summed E-state index contributed by atoms with van der Waals surface area (Å²) in [7, 11) is 0.